The van der Waals surface area contributed by atoms with E-state index < -0.39 is 0 Å². The molecule has 2 aromatic heterocycles. The average molecular weight is 413 g/mol. The van der Waals surface area contributed by atoms with Gasteiger partial charge in [-0.15, -0.1) is 0 Å². The van der Waals surface area contributed by atoms with Crippen molar-refractivity contribution in [3.8, 4) is 11.3 Å². The maximum Gasteiger partial charge on any atom is 0.261 e. The zero-order chi connectivity index (χ0) is 21.0. The monoisotopic (exact) mass is 413 g/mol. The molecule has 156 valence electrons. The van der Waals surface area contributed by atoms with Gasteiger partial charge in [-0.3, -0.25) is 9.69 Å². The summed E-state index contributed by atoms with van der Waals surface area (Å²) in [5, 5.41) is 7.43. The minimum Gasteiger partial charge on any atom is -0.379 e. The highest BCUT2D eigenvalue weighted by atomic mass is 16.5. The highest BCUT2D eigenvalue weighted by molar-refractivity contribution is 6.08. The number of hydrogen-bond donors (Lipinski definition) is 1. The largest absolute Gasteiger partial charge is 0.379 e. The molecule has 0 bridgehead atoms. The Morgan fingerprint density at radius 3 is 2.71 bits per heavy atom. The van der Waals surface area contributed by atoms with Crippen molar-refractivity contribution in [2.24, 2.45) is 0 Å². The molecule has 1 amide bonds. The third-order valence-corrected chi connectivity index (χ3v) is 5.41. The maximum atomic E-state index is 13.0. The molecule has 1 fully saturated rings. The second-order valence-electron chi connectivity index (χ2n) is 7.53. The van der Waals surface area contributed by atoms with E-state index in [2.05, 4.69) is 26.4 Å². The van der Waals surface area contributed by atoms with Crippen molar-refractivity contribution in [3.05, 3.63) is 84.2 Å². The molecule has 1 N–H and O–H groups in total. The Kier molecular flexibility index (Phi) is 5.43. The lowest BCUT2D eigenvalue weighted by molar-refractivity contribution is 0.0342. The Labute approximate surface area is 180 Å². The number of aromatic nitrogens is 3. The number of nitrogens with one attached hydrogen (secondary N) is 1. The molecule has 5 rings (SSSR count). The van der Waals surface area contributed by atoms with Gasteiger partial charge in [0.25, 0.3) is 5.91 Å². The standard InChI is InChI=1S/C24H23N5O2/c30-24(27-20-8-4-5-18(15-20)17-28-11-13-31-14-12-28)21-16-26-29-22(9-10-25-23(21)29)19-6-2-1-3-7-19/h1-10,15-16H,11-14,17H2,(H,27,30). The molecule has 31 heavy (non-hydrogen) atoms. The molecule has 0 spiro atoms. The van der Waals surface area contributed by atoms with Crippen molar-refractivity contribution in [1.82, 2.24) is 19.5 Å². The molecular formula is C24H23N5O2. The molecule has 7 heteroatoms. The van der Waals surface area contributed by atoms with Gasteiger partial charge in [0.2, 0.25) is 0 Å². The van der Waals surface area contributed by atoms with Gasteiger partial charge in [-0.1, -0.05) is 42.5 Å². The number of rotatable bonds is 5. The number of morpholine rings is 1. The van der Waals surface area contributed by atoms with Crippen LogP contribution in [0.2, 0.25) is 0 Å². The topological polar surface area (TPSA) is 71.8 Å². The van der Waals surface area contributed by atoms with E-state index in [1.165, 1.54) is 0 Å². The summed E-state index contributed by atoms with van der Waals surface area (Å²) < 4.78 is 7.12. The fourth-order valence-electron chi connectivity index (χ4n) is 3.84. The summed E-state index contributed by atoms with van der Waals surface area (Å²) in [4.78, 5) is 19.8. The van der Waals surface area contributed by atoms with Gasteiger partial charge in [-0.2, -0.15) is 5.10 Å². The summed E-state index contributed by atoms with van der Waals surface area (Å²) in [5.74, 6) is -0.226. The van der Waals surface area contributed by atoms with E-state index in [1.54, 1.807) is 16.9 Å². The highest BCUT2D eigenvalue weighted by Gasteiger charge is 2.17. The van der Waals surface area contributed by atoms with Gasteiger partial charge < -0.3 is 10.1 Å². The van der Waals surface area contributed by atoms with Gasteiger partial charge in [0.1, 0.15) is 5.56 Å². The quantitative estimate of drug-likeness (QED) is 0.542. The van der Waals surface area contributed by atoms with E-state index in [-0.39, 0.29) is 5.91 Å². The molecule has 7 nitrogen and oxygen atoms in total. The lowest BCUT2D eigenvalue weighted by Gasteiger charge is -2.26. The molecule has 1 aliphatic heterocycles. The van der Waals surface area contributed by atoms with Gasteiger partial charge >= 0.3 is 0 Å². The third-order valence-electron chi connectivity index (χ3n) is 5.41. The van der Waals surface area contributed by atoms with Crippen LogP contribution in [0.5, 0.6) is 0 Å². The molecular weight excluding hydrogens is 390 g/mol. The average Bonchev–Trinajstić information content (AvgIpc) is 3.25. The zero-order valence-electron chi connectivity index (χ0n) is 17.1. The van der Waals surface area contributed by atoms with E-state index in [9.17, 15) is 4.79 Å². The van der Waals surface area contributed by atoms with Crippen molar-refractivity contribution in [2.75, 3.05) is 31.6 Å². The number of fused-ring (bicyclic) bond motifs is 1. The molecule has 0 aliphatic carbocycles. The van der Waals surface area contributed by atoms with Crippen molar-refractivity contribution >= 4 is 17.2 Å². The number of amides is 1. The molecule has 0 radical (unpaired) electrons. The van der Waals surface area contributed by atoms with Crippen LogP contribution in [0.15, 0.2) is 73.1 Å². The summed E-state index contributed by atoms with van der Waals surface area (Å²) in [6.45, 7) is 4.22. The Morgan fingerprint density at radius 2 is 1.87 bits per heavy atom. The number of anilines is 1. The van der Waals surface area contributed by atoms with Crippen LogP contribution in [0.3, 0.4) is 0 Å². The first-order valence-electron chi connectivity index (χ1n) is 10.4. The molecule has 1 saturated heterocycles. The Hall–Kier alpha value is -3.55. The predicted molar refractivity (Wildman–Crippen MR) is 119 cm³/mol. The molecule has 4 aromatic rings. The van der Waals surface area contributed by atoms with Crippen molar-refractivity contribution in [3.63, 3.8) is 0 Å². The smallest absolute Gasteiger partial charge is 0.261 e. The first-order chi connectivity index (χ1) is 15.3. The lowest BCUT2D eigenvalue weighted by Crippen LogP contribution is -2.35. The number of carbonyl (C=O) groups excluding carboxylic acids is 1. The first kappa shape index (κ1) is 19.4. The van der Waals surface area contributed by atoms with E-state index >= 15 is 0 Å². The van der Waals surface area contributed by atoms with E-state index in [4.69, 9.17) is 4.74 Å². The summed E-state index contributed by atoms with van der Waals surface area (Å²) in [5.41, 5.74) is 4.79. The maximum absolute atomic E-state index is 13.0. The Bertz CT molecular complexity index is 1200. The normalized spacial score (nSPS) is 14.6. The van der Waals surface area contributed by atoms with Crippen LogP contribution in [0.4, 0.5) is 5.69 Å². The summed E-state index contributed by atoms with van der Waals surface area (Å²) in [7, 11) is 0. The van der Waals surface area contributed by atoms with E-state index in [0.717, 1.165) is 55.4 Å². The fourth-order valence-corrected chi connectivity index (χ4v) is 3.84. The molecule has 1 aliphatic rings. The van der Waals surface area contributed by atoms with Gasteiger partial charge in [-0.25, -0.2) is 9.50 Å². The van der Waals surface area contributed by atoms with Crippen LogP contribution in [0.25, 0.3) is 16.9 Å². The van der Waals surface area contributed by atoms with Gasteiger partial charge in [-0.05, 0) is 23.8 Å². The zero-order valence-corrected chi connectivity index (χ0v) is 17.1. The van der Waals surface area contributed by atoms with Crippen LogP contribution in [0, 0.1) is 0 Å². The molecule has 2 aromatic carbocycles. The van der Waals surface area contributed by atoms with Crippen LogP contribution >= 0.6 is 0 Å². The van der Waals surface area contributed by atoms with Crippen molar-refractivity contribution in [1.29, 1.82) is 0 Å². The third kappa shape index (κ3) is 4.19. The minimum atomic E-state index is -0.226. The Morgan fingerprint density at radius 1 is 1.03 bits per heavy atom. The molecule has 0 saturated carbocycles. The minimum absolute atomic E-state index is 0.226. The number of carbonyl (C=O) groups is 1. The van der Waals surface area contributed by atoms with Crippen LogP contribution in [-0.4, -0.2) is 51.7 Å². The first-order valence-corrected chi connectivity index (χ1v) is 10.4. The highest BCUT2D eigenvalue weighted by Crippen LogP contribution is 2.21. The summed E-state index contributed by atoms with van der Waals surface area (Å²) >= 11 is 0. The Balaban J connectivity index is 1.37. The SMILES string of the molecule is O=C(Nc1cccc(CN2CCOCC2)c1)c1cnn2c(-c3ccccc3)ccnc12. The number of benzene rings is 2. The van der Waals surface area contributed by atoms with Gasteiger partial charge in [0.15, 0.2) is 5.65 Å². The summed E-state index contributed by atoms with van der Waals surface area (Å²) in [6, 6.07) is 19.8. The van der Waals surface area contributed by atoms with Crippen molar-refractivity contribution < 1.29 is 9.53 Å². The second-order valence-corrected chi connectivity index (χ2v) is 7.53. The van der Waals surface area contributed by atoms with Gasteiger partial charge in [0.05, 0.1) is 25.1 Å². The molecule has 0 atom stereocenters. The molecule has 0 unspecified atom stereocenters. The number of ether oxygens (including phenoxy) is 1. The van der Waals surface area contributed by atoms with Crippen LogP contribution in [0.1, 0.15) is 15.9 Å². The predicted octanol–water partition coefficient (Wildman–Crippen LogP) is 3.48. The molecule has 3 heterocycles. The second kappa shape index (κ2) is 8.67. The van der Waals surface area contributed by atoms with E-state index in [0.29, 0.717) is 11.2 Å². The lowest BCUT2D eigenvalue weighted by atomic mass is 10.1. The van der Waals surface area contributed by atoms with E-state index in [1.807, 2.05) is 54.6 Å². The number of nitrogens with zero attached hydrogens (tertiary/aromatic N) is 4. The number of hydrogen-bond acceptors (Lipinski definition) is 5. The van der Waals surface area contributed by atoms with Crippen LogP contribution < -0.4 is 5.32 Å². The summed E-state index contributed by atoms with van der Waals surface area (Å²) in [6.07, 6.45) is 3.28. The van der Waals surface area contributed by atoms with Gasteiger partial charge in [0, 0.05) is 37.1 Å². The van der Waals surface area contributed by atoms with Crippen LogP contribution in [-0.2, 0) is 11.3 Å². The van der Waals surface area contributed by atoms with Crippen molar-refractivity contribution in [2.45, 2.75) is 6.54 Å². The fraction of sp³-hybridized carbons (Fsp3) is 0.208.